The zero-order chi connectivity index (χ0) is 19.3. The highest BCUT2D eigenvalue weighted by atomic mass is 16.2. The summed E-state index contributed by atoms with van der Waals surface area (Å²) in [6, 6.07) is 13.9. The molecule has 1 aromatic carbocycles. The lowest BCUT2D eigenvalue weighted by Crippen LogP contribution is -2.49. The van der Waals surface area contributed by atoms with Crippen molar-refractivity contribution in [1.29, 1.82) is 0 Å². The number of carbonyl (C=O) groups is 1. The molecule has 1 amide bonds. The Kier molecular flexibility index (Phi) is 5.18. The highest BCUT2D eigenvalue weighted by Gasteiger charge is 2.26. The third-order valence-corrected chi connectivity index (χ3v) is 4.92. The molecule has 4 rings (SSSR count). The first-order valence-electron chi connectivity index (χ1n) is 9.46. The number of hydrogen-bond donors (Lipinski definition) is 2. The van der Waals surface area contributed by atoms with Gasteiger partial charge in [0.2, 0.25) is 0 Å². The smallest absolute Gasteiger partial charge is 0.278 e. The van der Waals surface area contributed by atoms with E-state index in [0.717, 1.165) is 31.0 Å². The molecule has 1 fully saturated rings. The second-order valence-electron chi connectivity index (χ2n) is 6.66. The monoisotopic (exact) mass is 377 g/mol. The van der Waals surface area contributed by atoms with Crippen LogP contribution in [0.1, 0.15) is 23.0 Å². The van der Waals surface area contributed by atoms with E-state index >= 15 is 0 Å². The summed E-state index contributed by atoms with van der Waals surface area (Å²) >= 11 is 0. The van der Waals surface area contributed by atoms with Gasteiger partial charge < -0.3 is 15.1 Å². The highest BCUT2D eigenvalue weighted by molar-refractivity contribution is 5.97. The highest BCUT2D eigenvalue weighted by Crippen LogP contribution is 2.20. The maximum Gasteiger partial charge on any atom is 0.278 e. The van der Waals surface area contributed by atoms with Crippen LogP contribution < -0.4 is 10.2 Å². The van der Waals surface area contributed by atoms with Crippen LogP contribution in [0.15, 0.2) is 48.7 Å². The number of aryl methyl sites for hydroxylation is 1. The Morgan fingerprint density at radius 2 is 1.86 bits per heavy atom. The van der Waals surface area contributed by atoms with Crippen LogP contribution in [0.25, 0.3) is 0 Å². The van der Waals surface area contributed by atoms with Crippen LogP contribution in [-0.4, -0.2) is 57.4 Å². The molecule has 28 heavy (non-hydrogen) atoms. The van der Waals surface area contributed by atoms with Gasteiger partial charge >= 0.3 is 0 Å². The summed E-state index contributed by atoms with van der Waals surface area (Å²) in [6.07, 6.45) is 2.77. The Labute approximate surface area is 163 Å². The molecule has 144 valence electrons. The Morgan fingerprint density at radius 3 is 2.54 bits per heavy atom. The summed E-state index contributed by atoms with van der Waals surface area (Å²) in [5.41, 5.74) is 2.44. The van der Waals surface area contributed by atoms with E-state index in [0.29, 0.717) is 24.6 Å². The van der Waals surface area contributed by atoms with Crippen molar-refractivity contribution in [3.8, 4) is 0 Å². The third kappa shape index (κ3) is 3.80. The Balaban J connectivity index is 1.41. The summed E-state index contributed by atoms with van der Waals surface area (Å²) in [5.74, 6) is 1.26. The van der Waals surface area contributed by atoms with Crippen molar-refractivity contribution in [1.82, 2.24) is 25.3 Å². The van der Waals surface area contributed by atoms with E-state index in [1.54, 1.807) is 6.20 Å². The number of nitrogens with one attached hydrogen (secondary N) is 2. The van der Waals surface area contributed by atoms with E-state index in [9.17, 15) is 4.79 Å². The summed E-state index contributed by atoms with van der Waals surface area (Å²) < 4.78 is 0. The van der Waals surface area contributed by atoms with Crippen LogP contribution in [0.5, 0.6) is 0 Å². The minimum atomic E-state index is -0.123. The van der Waals surface area contributed by atoms with Crippen molar-refractivity contribution in [2.24, 2.45) is 0 Å². The topological polar surface area (TPSA) is 90.0 Å². The van der Waals surface area contributed by atoms with Crippen molar-refractivity contribution in [2.45, 2.75) is 13.3 Å². The first-order chi connectivity index (χ1) is 13.7. The molecule has 1 saturated heterocycles. The molecule has 2 aromatic heterocycles. The zero-order valence-electron chi connectivity index (χ0n) is 15.8. The van der Waals surface area contributed by atoms with E-state index < -0.39 is 0 Å². The number of rotatable bonds is 5. The van der Waals surface area contributed by atoms with Crippen LogP contribution in [0.2, 0.25) is 0 Å². The molecular weight excluding hydrogens is 354 g/mol. The fraction of sp³-hybridized carbons (Fsp3) is 0.300. The Bertz CT molecular complexity index is 915. The number of nitrogens with zero attached hydrogens (tertiary/aromatic N) is 5. The molecule has 3 heterocycles. The largest absolute Gasteiger partial charge is 0.353 e. The van der Waals surface area contributed by atoms with Gasteiger partial charge in [0.15, 0.2) is 11.5 Å². The maximum atomic E-state index is 12.9. The summed E-state index contributed by atoms with van der Waals surface area (Å²) in [4.78, 5) is 21.3. The molecule has 3 aromatic rings. The summed E-state index contributed by atoms with van der Waals surface area (Å²) in [6.45, 7) is 4.83. The van der Waals surface area contributed by atoms with Crippen LogP contribution in [0.3, 0.4) is 0 Å². The number of H-pyrrole nitrogens is 1. The van der Waals surface area contributed by atoms with Crippen LogP contribution in [0.4, 0.5) is 17.3 Å². The molecule has 8 nitrogen and oxygen atoms in total. The fourth-order valence-electron chi connectivity index (χ4n) is 3.26. The first-order valence-corrected chi connectivity index (χ1v) is 9.46. The van der Waals surface area contributed by atoms with Gasteiger partial charge in [-0.2, -0.15) is 5.21 Å². The molecule has 1 aliphatic heterocycles. The number of aromatic nitrogens is 4. The molecule has 0 unspecified atom stereocenters. The third-order valence-electron chi connectivity index (χ3n) is 4.92. The Hall–Kier alpha value is -3.42. The number of pyridine rings is 1. The predicted molar refractivity (Wildman–Crippen MR) is 108 cm³/mol. The number of hydrogen-bond acceptors (Lipinski definition) is 6. The normalized spacial score (nSPS) is 14.2. The lowest BCUT2D eigenvalue weighted by atomic mass is 10.1. The molecule has 0 aliphatic carbocycles. The lowest BCUT2D eigenvalue weighted by Gasteiger charge is -2.35. The SMILES string of the molecule is CCc1ccc(Nc2n[nH]nc2C(=O)N2CCN(c3ccccn3)CC2)cc1. The van der Waals surface area contributed by atoms with Crippen LogP contribution >= 0.6 is 0 Å². The molecule has 0 saturated carbocycles. The molecule has 8 heteroatoms. The van der Waals surface area contributed by atoms with Crippen LogP contribution in [-0.2, 0) is 6.42 Å². The van der Waals surface area contributed by atoms with Crippen molar-refractivity contribution in [3.63, 3.8) is 0 Å². The van der Waals surface area contributed by atoms with Gasteiger partial charge in [0.05, 0.1) is 0 Å². The number of amides is 1. The Morgan fingerprint density at radius 1 is 1.07 bits per heavy atom. The van der Waals surface area contributed by atoms with Crippen molar-refractivity contribution in [2.75, 3.05) is 36.4 Å². The number of benzene rings is 1. The zero-order valence-corrected chi connectivity index (χ0v) is 15.8. The number of anilines is 3. The molecule has 0 radical (unpaired) electrons. The minimum absolute atomic E-state index is 0.123. The lowest BCUT2D eigenvalue weighted by molar-refractivity contribution is 0.0741. The summed E-state index contributed by atoms with van der Waals surface area (Å²) in [5, 5.41) is 14.0. The van der Waals surface area contributed by atoms with Gasteiger partial charge in [-0.25, -0.2) is 4.98 Å². The van der Waals surface area contributed by atoms with Crippen LogP contribution in [0, 0.1) is 0 Å². The average molecular weight is 377 g/mol. The van der Waals surface area contributed by atoms with E-state index in [1.165, 1.54) is 5.56 Å². The molecule has 2 N–H and O–H groups in total. The number of piperazine rings is 1. The predicted octanol–water partition coefficient (Wildman–Crippen LogP) is 2.47. The summed E-state index contributed by atoms with van der Waals surface area (Å²) in [7, 11) is 0. The maximum absolute atomic E-state index is 12.9. The van der Waals surface area contributed by atoms with Gasteiger partial charge in [0.25, 0.3) is 5.91 Å². The second-order valence-corrected chi connectivity index (χ2v) is 6.66. The van der Waals surface area contributed by atoms with Crippen molar-refractivity contribution in [3.05, 3.63) is 59.9 Å². The van der Waals surface area contributed by atoms with Gasteiger partial charge in [0.1, 0.15) is 5.82 Å². The average Bonchev–Trinajstić information content (AvgIpc) is 3.22. The van der Waals surface area contributed by atoms with E-state index in [2.05, 4.69) is 49.7 Å². The van der Waals surface area contributed by atoms with Gasteiger partial charge in [-0.05, 0) is 36.2 Å². The van der Waals surface area contributed by atoms with E-state index in [1.807, 2.05) is 35.2 Å². The minimum Gasteiger partial charge on any atom is -0.353 e. The second kappa shape index (κ2) is 8.08. The molecule has 0 atom stereocenters. The van der Waals surface area contributed by atoms with Crippen molar-refractivity contribution < 1.29 is 4.79 Å². The molecule has 0 spiro atoms. The van der Waals surface area contributed by atoms with Gasteiger partial charge in [-0.1, -0.05) is 25.1 Å². The fourth-order valence-corrected chi connectivity index (χ4v) is 3.26. The number of aromatic amines is 1. The van der Waals surface area contributed by atoms with Gasteiger partial charge in [-0.15, -0.1) is 10.2 Å². The quantitative estimate of drug-likeness (QED) is 0.710. The first kappa shape index (κ1) is 18.0. The molecular formula is C20H23N7O. The van der Waals surface area contributed by atoms with E-state index in [-0.39, 0.29) is 5.91 Å². The number of carbonyl (C=O) groups excluding carboxylic acids is 1. The van der Waals surface area contributed by atoms with Gasteiger partial charge in [-0.3, -0.25) is 4.79 Å². The molecule has 1 aliphatic rings. The van der Waals surface area contributed by atoms with Gasteiger partial charge in [0, 0.05) is 38.1 Å². The van der Waals surface area contributed by atoms with Crippen molar-refractivity contribution >= 4 is 23.2 Å². The molecule has 0 bridgehead atoms. The standard InChI is InChI=1S/C20H23N7O/c1-2-15-6-8-16(9-7-15)22-19-18(23-25-24-19)20(28)27-13-11-26(12-14-27)17-5-3-4-10-21-17/h3-10H,2,11-14H2,1H3,(H2,22,23,24,25). The van der Waals surface area contributed by atoms with E-state index in [4.69, 9.17) is 0 Å².